The van der Waals surface area contributed by atoms with Gasteiger partial charge >= 0.3 is 0 Å². The third-order valence-electron chi connectivity index (χ3n) is 3.78. The molecule has 1 N–H and O–H groups in total. The third-order valence-corrected chi connectivity index (χ3v) is 3.78. The minimum absolute atomic E-state index is 0.163. The van der Waals surface area contributed by atoms with Crippen LogP contribution in [0.1, 0.15) is 38.2 Å². The Morgan fingerprint density at radius 1 is 1.45 bits per heavy atom. The predicted octanol–water partition coefficient (Wildman–Crippen LogP) is 3.40. The van der Waals surface area contributed by atoms with E-state index in [1.54, 1.807) is 19.2 Å². The number of hydrogen-bond donors (Lipinski definition) is 1. The molecule has 0 saturated heterocycles. The first kappa shape index (κ1) is 14.8. The molecule has 5 nitrogen and oxygen atoms in total. The van der Waals surface area contributed by atoms with Crippen LogP contribution in [0.4, 0.5) is 11.4 Å². The number of benzene rings is 1. The zero-order valence-electron chi connectivity index (χ0n) is 12.3. The monoisotopic (exact) mass is 277 g/mol. The molecule has 0 amide bonds. The zero-order valence-corrected chi connectivity index (χ0v) is 12.3. The quantitative estimate of drug-likeness (QED) is 0.584. The summed E-state index contributed by atoms with van der Waals surface area (Å²) in [5.74, 6) is 0. The number of nitrogens with zero attached hydrogens (tertiary/aromatic N) is 2. The molecule has 20 heavy (non-hydrogen) atoms. The fraction of sp³-hybridized carbons (Fsp3) is 0.600. The fourth-order valence-electron chi connectivity index (χ4n) is 2.46. The topological polar surface area (TPSA) is 58.4 Å². The lowest BCUT2D eigenvalue weighted by Gasteiger charge is -2.21. The number of hydrogen-bond acceptors (Lipinski definition) is 4. The summed E-state index contributed by atoms with van der Waals surface area (Å²) in [6.07, 6.45) is 4.90. The average molecular weight is 277 g/mol. The Morgan fingerprint density at radius 3 is 2.75 bits per heavy atom. The van der Waals surface area contributed by atoms with Crippen LogP contribution in [0.15, 0.2) is 18.2 Å². The van der Waals surface area contributed by atoms with Gasteiger partial charge in [0.05, 0.1) is 4.92 Å². The van der Waals surface area contributed by atoms with Gasteiger partial charge < -0.3 is 5.32 Å². The van der Waals surface area contributed by atoms with Gasteiger partial charge in [0, 0.05) is 25.7 Å². The molecule has 110 valence electrons. The van der Waals surface area contributed by atoms with Crippen molar-refractivity contribution in [3.63, 3.8) is 0 Å². The zero-order chi connectivity index (χ0) is 14.5. The molecule has 0 aromatic heterocycles. The Labute approximate surface area is 120 Å². The van der Waals surface area contributed by atoms with E-state index in [4.69, 9.17) is 0 Å². The van der Waals surface area contributed by atoms with Crippen molar-refractivity contribution in [2.24, 2.45) is 0 Å². The summed E-state index contributed by atoms with van der Waals surface area (Å²) in [4.78, 5) is 13.2. The van der Waals surface area contributed by atoms with Crippen molar-refractivity contribution in [2.75, 3.05) is 18.9 Å². The van der Waals surface area contributed by atoms with Gasteiger partial charge in [-0.3, -0.25) is 15.0 Å². The van der Waals surface area contributed by atoms with E-state index in [-0.39, 0.29) is 10.6 Å². The molecule has 1 saturated carbocycles. The van der Waals surface area contributed by atoms with Crippen molar-refractivity contribution in [2.45, 2.75) is 45.2 Å². The van der Waals surface area contributed by atoms with Crippen molar-refractivity contribution < 1.29 is 4.92 Å². The number of nitro benzene ring substituents is 1. The van der Waals surface area contributed by atoms with E-state index >= 15 is 0 Å². The molecule has 1 aliphatic rings. The van der Waals surface area contributed by atoms with E-state index in [1.165, 1.54) is 25.7 Å². The molecule has 1 aromatic carbocycles. The second-order valence-electron chi connectivity index (χ2n) is 5.41. The molecule has 0 bridgehead atoms. The van der Waals surface area contributed by atoms with Crippen LogP contribution >= 0.6 is 0 Å². The molecular formula is C15H23N3O2. The molecule has 0 spiro atoms. The van der Waals surface area contributed by atoms with Gasteiger partial charge in [-0.2, -0.15) is 0 Å². The normalized spacial score (nSPS) is 14.6. The number of nitro groups is 1. The Kier molecular flexibility index (Phi) is 4.95. The Morgan fingerprint density at radius 2 is 2.20 bits per heavy atom. The standard InChI is InChI=1S/C15H23N3O2/c1-3-4-9-17(13-6-7-13)11-12-5-8-14(16-2)15(10-12)18(19)20/h5,8,10,13,16H,3-4,6-7,9,11H2,1-2H3. The summed E-state index contributed by atoms with van der Waals surface area (Å²) >= 11 is 0. The van der Waals surface area contributed by atoms with Gasteiger partial charge in [-0.25, -0.2) is 0 Å². The minimum atomic E-state index is -0.317. The molecule has 5 heteroatoms. The average Bonchev–Trinajstić information content (AvgIpc) is 3.27. The summed E-state index contributed by atoms with van der Waals surface area (Å²) in [6, 6.07) is 6.18. The van der Waals surface area contributed by atoms with Gasteiger partial charge in [-0.15, -0.1) is 0 Å². The highest BCUT2D eigenvalue weighted by Gasteiger charge is 2.28. The number of unbranched alkanes of at least 4 members (excludes halogenated alkanes) is 1. The van der Waals surface area contributed by atoms with E-state index in [1.807, 2.05) is 6.07 Å². The lowest BCUT2D eigenvalue weighted by atomic mass is 10.1. The van der Waals surface area contributed by atoms with Gasteiger partial charge in [0.2, 0.25) is 0 Å². The van der Waals surface area contributed by atoms with Crippen LogP contribution in [0.25, 0.3) is 0 Å². The predicted molar refractivity (Wildman–Crippen MR) is 81.0 cm³/mol. The molecule has 0 heterocycles. The van der Waals surface area contributed by atoms with Crippen molar-refractivity contribution in [3.8, 4) is 0 Å². The van der Waals surface area contributed by atoms with E-state index in [2.05, 4.69) is 17.1 Å². The summed E-state index contributed by atoms with van der Waals surface area (Å²) in [7, 11) is 1.71. The summed E-state index contributed by atoms with van der Waals surface area (Å²) in [5.41, 5.74) is 1.76. The molecule has 0 atom stereocenters. The van der Waals surface area contributed by atoms with E-state index in [9.17, 15) is 10.1 Å². The van der Waals surface area contributed by atoms with Crippen molar-refractivity contribution in [1.29, 1.82) is 0 Å². The maximum atomic E-state index is 11.1. The van der Waals surface area contributed by atoms with Crippen LogP contribution < -0.4 is 5.32 Å². The van der Waals surface area contributed by atoms with Crippen LogP contribution in [0.5, 0.6) is 0 Å². The second-order valence-corrected chi connectivity index (χ2v) is 5.41. The maximum Gasteiger partial charge on any atom is 0.292 e. The SMILES string of the molecule is CCCCN(Cc1ccc(NC)c([N+](=O)[O-])c1)C1CC1. The Balaban J connectivity index is 2.11. The minimum Gasteiger partial charge on any atom is -0.383 e. The molecule has 1 aromatic rings. The van der Waals surface area contributed by atoms with Crippen molar-refractivity contribution in [3.05, 3.63) is 33.9 Å². The van der Waals surface area contributed by atoms with Crippen LogP contribution in [-0.2, 0) is 6.54 Å². The Bertz CT molecular complexity index is 472. The smallest absolute Gasteiger partial charge is 0.292 e. The van der Waals surface area contributed by atoms with Crippen LogP contribution in [0.2, 0.25) is 0 Å². The van der Waals surface area contributed by atoms with E-state index < -0.39 is 0 Å². The van der Waals surface area contributed by atoms with Gasteiger partial charge in [-0.1, -0.05) is 19.4 Å². The fourth-order valence-corrected chi connectivity index (χ4v) is 2.46. The maximum absolute atomic E-state index is 11.1. The summed E-state index contributed by atoms with van der Waals surface area (Å²) in [5, 5.41) is 14.0. The molecule has 0 unspecified atom stereocenters. The number of anilines is 1. The van der Waals surface area contributed by atoms with Crippen LogP contribution in [0.3, 0.4) is 0 Å². The van der Waals surface area contributed by atoms with Crippen LogP contribution in [-0.4, -0.2) is 29.5 Å². The van der Waals surface area contributed by atoms with Crippen molar-refractivity contribution >= 4 is 11.4 Å². The van der Waals surface area contributed by atoms with Crippen molar-refractivity contribution in [1.82, 2.24) is 4.90 Å². The van der Waals surface area contributed by atoms with Gasteiger partial charge in [0.15, 0.2) is 0 Å². The Hall–Kier alpha value is -1.62. The molecule has 1 fully saturated rings. The van der Waals surface area contributed by atoms with Gasteiger partial charge in [-0.05, 0) is 37.4 Å². The largest absolute Gasteiger partial charge is 0.383 e. The first-order valence-corrected chi connectivity index (χ1v) is 7.34. The van der Waals surface area contributed by atoms with Gasteiger partial charge in [0.1, 0.15) is 5.69 Å². The highest BCUT2D eigenvalue weighted by molar-refractivity contribution is 5.62. The first-order chi connectivity index (χ1) is 9.65. The first-order valence-electron chi connectivity index (χ1n) is 7.34. The number of nitrogens with one attached hydrogen (secondary N) is 1. The summed E-state index contributed by atoms with van der Waals surface area (Å²) < 4.78 is 0. The summed E-state index contributed by atoms with van der Waals surface area (Å²) in [6.45, 7) is 4.09. The van der Waals surface area contributed by atoms with Crippen LogP contribution in [0, 0.1) is 10.1 Å². The molecule has 1 aliphatic carbocycles. The number of rotatable bonds is 8. The third kappa shape index (κ3) is 3.70. The second kappa shape index (κ2) is 6.70. The van der Waals surface area contributed by atoms with E-state index in [0.29, 0.717) is 11.7 Å². The highest BCUT2D eigenvalue weighted by atomic mass is 16.6. The molecule has 0 aliphatic heterocycles. The van der Waals surface area contributed by atoms with E-state index in [0.717, 1.165) is 18.7 Å². The molecule has 0 radical (unpaired) electrons. The molecular weight excluding hydrogens is 254 g/mol. The lowest BCUT2D eigenvalue weighted by Crippen LogP contribution is -2.26. The van der Waals surface area contributed by atoms with Gasteiger partial charge in [0.25, 0.3) is 5.69 Å². The highest BCUT2D eigenvalue weighted by Crippen LogP contribution is 2.30. The lowest BCUT2D eigenvalue weighted by molar-refractivity contribution is -0.384. The molecule has 2 rings (SSSR count).